The lowest BCUT2D eigenvalue weighted by Crippen LogP contribution is -2.45. The third kappa shape index (κ3) is 3.44. The van der Waals surface area contributed by atoms with Gasteiger partial charge in [0.2, 0.25) is 0 Å². The molecular weight excluding hydrogens is 319 g/mol. The summed E-state index contributed by atoms with van der Waals surface area (Å²) in [5.74, 6) is -0.113. The molecule has 2 rings (SSSR count). The van der Waals surface area contributed by atoms with Crippen LogP contribution < -0.4 is 5.32 Å². The molecule has 0 unspecified atom stereocenters. The number of rotatable bonds is 3. The minimum atomic E-state index is -0.113. The number of nitrogens with one attached hydrogen (secondary N) is 1. The van der Waals surface area contributed by atoms with E-state index in [-0.39, 0.29) is 24.3 Å². The van der Waals surface area contributed by atoms with Crippen LogP contribution in [0.15, 0.2) is 22.7 Å². The van der Waals surface area contributed by atoms with E-state index in [0.717, 1.165) is 38.2 Å². The first-order chi connectivity index (χ1) is 8.24. The molecule has 1 atom stereocenters. The molecular formula is C13H19BrClFN2. The van der Waals surface area contributed by atoms with Crippen LogP contribution in [0, 0.1) is 5.82 Å². The van der Waals surface area contributed by atoms with Crippen molar-refractivity contribution < 1.29 is 4.39 Å². The molecule has 1 saturated heterocycles. The monoisotopic (exact) mass is 336 g/mol. The lowest BCUT2D eigenvalue weighted by molar-refractivity contribution is 0.166. The van der Waals surface area contributed by atoms with E-state index in [4.69, 9.17) is 0 Å². The van der Waals surface area contributed by atoms with E-state index in [1.165, 1.54) is 0 Å². The van der Waals surface area contributed by atoms with Gasteiger partial charge in [-0.1, -0.05) is 19.1 Å². The molecule has 0 radical (unpaired) electrons. The van der Waals surface area contributed by atoms with Crippen LogP contribution in [-0.4, -0.2) is 31.1 Å². The minimum Gasteiger partial charge on any atom is -0.314 e. The van der Waals surface area contributed by atoms with Crippen LogP contribution in [0.3, 0.4) is 0 Å². The summed E-state index contributed by atoms with van der Waals surface area (Å²) in [5, 5.41) is 3.33. The number of hydrogen-bond acceptors (Lipinski definition) is 2. The fraction of sp³-hybridized carbons (Fsp3) is 0.538. The van der Waals surface area contributed by atoms with Crippen molar-refractivity contribution in [3.05, 3.63) is 34.1 Å². The first kappa shape index (κ1) is 15.9. The highest BCUT2D eigenvalue weighted by molar-refractivity contribution is 9.10. The van der Waals surface area contributed by atoms with E-state index in [9.17, 15) is 4.39 Å². The Morgan fingerprint density at radius 1 is 1.39 bits per heavy atom. The first-order valence-corrected chi connectivity index (χ1v) is 6.92. The predicted molar refractivity (Wildman–Crippen MR) is 78.8 cm³/mol. The molecule has 1 aliphatic heterocycles. The van der Waals surface area contributed by atoms with Crippen molar-refractivity contribution in [2.24, 2.45) is 0 Å². The Hall–Kier alpha value is -0.160. The van der Waals surface area contributed by atoms with Gasteiger partial charge in [-0.25, -0.2) is 4.39 Å². The summed E-state index contributed by atoms with van der Waals surface area (Å²) in [4.78, 5) is 2.36. The van der Waals surface area contributed by atoms with Gasteiger partial charge in [-0.3, -0.25) is 4.90 Å². The second-order valence-electron chi connectivity index (χ2n) is 4.35. The van der Waals surface area contributed by atoms with Crippen molar-refractivity contribution >= 4 is 28.3 Å². The molecule has 1 N–H and O–H groups in total. The third-order valence-corrected chi connectivity index (χ3v) is 3.93. The zero-order valence-corrected chi connectivity index (χ0v) is 12.9. The highest BCUT2D eigenvalue weighted by Crippen LogP contribution is 2.29. The van der Waals surface area contributed by atoms with Crippen molar-refractivity contribution in [3.63, 3.8) is 0 Å². The molecule has 1 heterocycles. The van der Waals surface area contributed by atoms with Crippen LogP contribution in [0.5, 0.6) is 0 Å². The molecule has 102 valence electrons. The Morgan fingerprint density at radius 3 is 2.67 bits per heavy atom. The average Bonchev–Trinajstić information content (AvgIpc) is 2.37. The number of nitrogens with zero attached hydrogens (tertiary/aromatic N) is 1. The van der Waals surface area contributed by atoms with Gasteiger partial charge < -0.3 is 5.32 Å². The fourth-order valence-electron chi connectivity index (χ4n) is 2.45. The standard InChI is InChI=1S/C13H18BrFN2.ClH/c1-2-12(17-8-6-16-7-9-17)10-4-3-5-11(14)13(10)15;/h3-5,12,16H,2,6-9H2,1H3;1H/t12-;/m1./s1. The molecule has 0 aliphatic carbocycles. The Kier molecular flexibility index (Phi) is 6.57. The van der Waals surface area contributed by atoms with Crippen molar-refractivity contribution in [3.8, 4) is 0 Å². The van der Waals surface area contributed by atoms with Crippen LogP contribution in [-0.2, 0) is 0 Å². The smallest absolute Gasteiger partial charge is 0.142 e. The lowest BCUT2D eigenvalue weighted by atomic mass is 10.0. The van der Waals surface area contributed by atoms with Crippen LogP contribution in [0.1, 0.15) is 24.9 Å². The number of benzene rings is 1. The van der Waals surface area contributed by atoms with Crippen molar-refractivity contribution in [1.29, 1.82) is 0 Å². The highest BCUT2D eigenvalue weighted by Gasteiger charge is 2.23. The molecule has 0 aromatic heterocycles. The van der Waals surface area contributed by atoms with Crippen molar-refractivity contribution in [1.82, 2.24) is 10.2 Å². The second-order valence-corrected chi connectivity index (χ2v) is 5.21. The Morgan fingerprint density at radius 2 is 2.06 bits per heavy atom. The molecule has 0 spiro atoms. The maximum atomic E-state index is 14.1. The molecule has 2 nitrogen and oxygen atoms in total. The van der Waals surface area contributed by atoms with E-state index in [0.29, 0.717) is 4.47 Å². The maximum absolute atomic E-state index is 14.1. The van der Waals surface area contributed by atoms with E-state index >= 15 is 0 Å². The topological polar surface area (TPSA) is 15.3 Å². The second kappa shape index (κ2) is 7.43. The van der Waals surface area contributed by atoms with Crippen LogP contribution in [0.25, 0.3) is 0 Å². The summed E-state index contributed by atoms with van der Waals surface area (Å²) in [6.45, 7) is 6.08. The van der Waals surface area contributed by atoms with Gasteiger partial charge >= 0.3 is 0 Å². The van der Waals surface area contributed by atoms with Gasteiger partial charge in [-0.15, -0.1) is 12.4 Å². The van der Waals surface area contributed by atoms with Gasteiger partial charge in [-0.05, 0) is 28.4 Å². The molecule has 0 saturated carbocycles. The molecule has 1 fully saturated rings. The summed E-state index contributed by atoms with van der Waals surface area (Å²) >= 11 is 3.26. The van der Waals surface area contributed by atoms with Crippen molar-refractivity contribution in [2.45, 2.75) is 19.4 Å². The van der Waals surface area contributed by atoms with Gasteiger partial charge in [0, 0.05) is 37.8 Å². The Balaban J connectivity index is 0.00000162. The molecule has 1 aliphatic rings. The number of hydrogen-bond donors (Lipinski definition) is 1. The van der Waals surface area contributed by atoms with Gasteiger partial charge in [0.25, 0.3) is 0 Å². The number of piperazine rings is 1. The van der Waals surface area contributed by atoms with Gasteiger partial charge in [0.15, 0.2) is 0 Å². The van der Waals surface area contributed by atoms with Gasteiger partial charge in [-0.2, -0.15) is 0 Å². The van der Waals surface area contributed by atoms with Gasteiger partial charge in [0.05, 0.1) is 4.47 Å². The van der Waals surface area contributed by atoms with E-state index in [1.807, 2.05) is 12.1 Å². The van der Waals surface area contributed by atoms with Crippen LogP contribution in [0.4, 0.5) is 4.39 Å². The Bertz CT molecular complexity index is 383. The fourth-order valence-corrected chi connectivity index (χ4v) is 2.83. The summed E-state index contributed by atoms with van der Waals surface area (Å²) < 4.78 is 14.7. The zero-order chi connectivity index (χ0) is 12.3. The van der Waals surface area contributed by atoms with Crippen LogP contribution in [0.2, 0.25) is 0 Å². The molecule has 1 aromatic rings. The summed E-state index contributed by atoms with van der Waals surface area (Å²) in [5.41, 5.74) is 0.809. The minimum absolute atomic E-state index is 0. The summed E-state index contributed by atoms with van der Waals surface area (Å²) in [6.07, 6.45) is 0.938. The Labute approximate surface area is 122 Å². The average molecular weight is 338 g/mol. The zero-order valence-electron chi connectivity index (χ0n) is 10.5. The summed E-state index contributed by atoms with van der Waals surface area (Å²) in [6, 6.07) is 5.75. The molecule has 18 heavy (non-hydrogen) atoms. The SMILES string of the molecule is CC[C@H](c1cccc(Br)c1F)N1CCNCC1.Cl. The van der Waals surface area contributed by atoms with E-state index in [2.05, 4.69) is 33.1 Å². The van der Waals surface area contributed by atoms with E-state index < -0.39 is 0 Å². The van der Waals surface area contributed by atoms with Crippen molar-refractivity contribution in [2.75, 3.05) is 26.2 Å². The molecule has 5 heteroatoms. The summed E-state index contributed by atoms with van der Waals surface area (Å²) in [7, 11) is 0. The third-order valence-electron chi connectivity index (χ3n) is 3.32. The molecule has 1 aromatic carbocycles. The lowest BCUT2D eigenvalue weighted by Gasteiger charge is -2.35. The maximum Gasteiger partial charge on any atom is 0.142 e. The highest BCUT2D eigenvalue weighted by atomic mass is 79.9. The van der Waals surface area contributed by atoms with Crippen LogP contribution >= 0.6 is 28.3 Å². The quantitative estimate of drug-likeness (QED) is 0.910. The van der Waals surface area contributed by atoms with E-state index in [1.54, 1.807) is 6.07 Å². The largest absolute Gasteiger partial charge is 0.314 e. The van der Waals surface area contributed by atoms with Gasteiger partial charge in [0.1, 0.15) is 5.82 Å². The predicted octanol–water partition coefficient (Wildman–Crippen LogP) is 3.37. The molecule has 0 amide bonds. The number of halogens is 3. The molecule has 0 bridgehead atoms. The first-order valence-electron chi connectivity index (χ1n) is 6.12. The normalized spacial score (nSPS) is 18.2.